The van der Waals surface area contributed by atoms with Gasteiger partial charge in [-0.3, -0.25) is 9.97 Å². The molecule has 0 fully saturated rings. The number of aromatic nitrogens is 4. The van der Waals surface area contributed by atoms with E-state index in [-0.39, 0.29) is 0 Å². The number of nitrogens with zero attached hydrogens (tertiary/aromatic N) is 4. The fourth-order valence-electron chi connectivity index (χ4n) is 2.46. The molecule has 2 aromatic carbocycles. The molecule has 4 nitrogen and oxygen atoms in total. The highest BCUT2D eigenvalue weighted by Crippen LogP contribution is 2.29. The average molecular weight is 284 g/mol. The predicted molar refractivity (Wildman–Crippen MR) is 86.0 cm³/mol. The molecule has 22 heavy (non-hydrogen) atoms. The molecule has 0 amide bonds. The maximum Gasteiger partial charge on any atom is 0.121 e. The van der Waals surface area contributed by atoms with Crippen LogP contribution in [0.2, 0.25) is 0 Å². The van der Waals surface area contributed by atoms with Crippen molar-refractivity contribution in [1.29, 1.82) is 0 Å². The Hall–Kier alpha value is -3.14. The first-order valence-corrected chi connectivity index (χ1v) is 7.02. The van der Waals surface area contributed by atoms with Crippen molar-refractivity contribution in [2.75, 3.05) is 0 Å². The Bertz CT molecular complexity index is 843. The van der Waals surface area contributed by atoms with Gasteiger partial charge in [-0.2, -0.15) is 0 Å². The van der Waals surface area contributed by atoms with E-state index >= 15 is 0 Å². The van der Waals surface area contributed by atoms with Crippen LogP contribution >= 0.6 is 0 Å². The van der Waals surface area contributed by atoms with Crippen LogP contribution in [-0.2, 0) is 0 Å². The van der Waals surface area contributed by atoms with Crippen molar-refractivity contribution in [2.24, 2.45) is 0 Å². The standard InChI is InChI=1S/C18H12N4/c1-3-7-13(8-4-1)15-17-18(20-12-11-19-17)16(22-21-15)14-9-5-2-6-10-14/h1-12H. The van der Waals surface area contributed by atoms with Crippen LogP contribution in [-0.4, -0.2) is 20.2 Å². The molecule has 4 aromatic rings. The SMILES string of the molecule is c1ccc(-c2nnc(-c3ccccc3)c3nccnc23)cc1. The van der Waals surface area contributed by atoms with Crippen LogP contribution in [0.15, 0.2) is 73.1 Å². The first-order chi connectivity index (χ1) is 10.9. The van der Waals surface area contributed by atoms with Crippen LogP contribution in [0.4, 0.5) is 0 Å². The number of hydrogen-bond donors (Lipinski definition) is 0. The number of rotatable bonds is 2. The van der Waals surface area contributed by atoms with Crippen molar-refractivity contribution in [3.8, 4) is 22.5 Å². The minimum absolute atomic E-state index is 0.753. The third-order valence-corrected chi connectivity index (χ3v) is 3.49. The van der Waals surface area contributed by atoms with E-state index in [4.69, 9.17) is 0 Å². The Labute approximate surface area is 127 Å². The van der Waals surface area contributed by atoms with Crippen molar-refractivity contribution < 1.29 is 0 Å². The van der Waals surface area contributed by atoms with Gasteiger partial charge in [0.15, 0.2) is 0 Å². The normalized spacial score (nSPS) is 10.7. The highest BCUT2D eigenvalue weighted by atomic mass is 15.1. The van der Waals surface area contributed by atoms with E-state index in [9.17, 15) is 0 Å². The zero-order valence-corrected chi connectivity index (χ0v) is 11.7. The smallest absolute Gasteiger partial charge is 0.121 e. The van der Waals surface area contributed by atoms with Gasteiger partial charge in [-0.05, 0) is 0 Å². The fourth-order valence-corrected chi connectivity index (χ4v) is 2.46. The maximum absolute atomic E-state index is 4.48. The third-order valence-electron chi connectivity index (χ3n) is 3.49. The molecule has 0 unspecified atom stereocenters. The van der Waals surface area contributed by atoms with Crippen molar-refractivity contribution >= 4 is 11.0 Å². The summed E-state index contributed by atoms with van der Waals surface area (Å²) in [6.45, 7) is 0. The molecular formula is C18H12N4. The van der Waals surface area contributed by atoms with Gasteiger partial charge < -0.3 is 0 Å². The van der Waals surface area contributed by atoms with Crippen molar-refractivity contribution in [3.63, 3.8) is 0 Å². The van der Waals surface area contributed by atoms with E-state index in [1.54, 1.807) is 12.4 Å². The Kier molecular flexibility index (Phi) is 3.05. The van der Waals surface area contributed by atoms with Gasteiger partial charge in [-0.1, -0.05) is 60.7 Å². The molecule has 4 heteroatoms. The Balaban J connectivity index is 2.01. The van der Waals surface area contributed by atoms with Gasteiger partial charge in [-0.25, -0.2) is 0 Å². The molecule has 104 valence electrons. The molecule has 2 heterocycles. The van der Waals surface area contributed by atoms with Gasteiger partial charge in [-0.15, -0.1) is 10.2 Å². The monoisotopic (exact) mass is 284 g/mol. The molecule has 2 aromatic heterocycles. The molecule has 0 radical (unpaired) electrons. The minimum Gasteiger partial charge on any atom is -0.251 e. The predicted octanol–water partition coefficient (Wildman–Crippen LogP) is 3.75. The number of hydrogen-bond acceptors (Lipinski definition) is 4. The summed E-state index contributed by atoms with van der Waals surface area (Å²) in [6.07, 6.45) is 3.37. The van der Waals surface area contributed by atoms with Crippen LogP contribution < -0.4 is 0 Å². The third kappa shape index (κ3) is 2.11. The summed E-state index contributed by atoms with van der Waals surface area (Å²) in [4.78, 5) is 8.96. The molecule has 0 aliphatic heterocycles. The molecule has 0 saturated heterocycles. The molecule has 0 atom stereocenters. The zero-order chi connectivity index (χ0) is 14.8. The Morgan fingerprint density at radius 1 is 0.500 bits per heavy atom. The summed E-state index contributed by atoms with van der Waals surface area (Å²) in [5.74, 6) is 0. The van der Waals surface area contributed by atoms with Crippen LogP contribution in [0.3, 0.4) is 0 Å². The van der Waals surface area contributed by atoms with Gasteiger partial charge in [0.25, 0.3) is 0 Å². The molecule has 0 spiro atoms. The van der Waals surface area contributed by atoms with Crippen LogP contribution in [0, 0.1) is 0 Å². The first kappa shape index (κ1) is 12.6. The molecule has 0 aliphatic carbocycles. The van der Waals surface area contributed by atoms with Gasteiger partial charge >= 0.3 is 0 Å². The second-order valence-corrected chi connectivity index (χ2v) is 4.88. The lowest BCUT2D eigenvalue weighted by atomic mass is 10.1. The minimum atomic E-state index is 0.753. The van der Waals surface area contributed by atoms with Gasteiger partial charge in [0.05, 0.1) is 0 Å². The number of fused-ring (bicyclic) bond motifs is 1. The molecule has 0 bridgehead atoms. The second kappa shape index (κ2) is 5.33. The van der Waals surface area contributed by atoms with Crippen molar-refractivity contribution in [1.82, 2.24) is 20.2 Å². The van der Waals surface area contributed by atoms with Gasteiger partial charge in [0.1, 0.15) is 22.4 Å². The van der Waals surface area contributed by atoms with Gasteiger partial charge in [0, 0.05) is 23.5 Å². The van der Waals surface area contributed by atoms with E-state index in [2.05, 4.69) is 20.2 Å². The fraction of sp³-hybridized carbons (Fsp3) is 0. The summed E-state index contributed by atoms with van der Waals surface area (Å²) < 4.78 is 0. The van der Waals surface area contributed by atoms with E-state index in [1.165, 1.54) is 0 Å². The van der Waals surface area contributed by atoms with E-state index in [0.717, 1.165) is 33.5 Å². The zero-order valence-electron chi connectivity index (χ0n) is 11.7. The average Bonchev–Trinajstić information content (AvgIpc) is 2.62. The number of benzene rings is 2. The van der Waals surface area contributed by atoms with E-state index < -0.39 is 0 Å². The lowest BCUT2D eigenvalue weighted by Crippen LogP contribution is -1.97. The highest BCUT2D eigenvalue weighted by molar-refractivity contribution is 5.96. The summed E-state index contributed by atoms with van der Waals surface area (Å²) in [7, 11) is 0. The van der Waals surface area contributed by atoms with E-state index in [1.807, 2.05) is 60.7 Å². The molecule has 0 N–H and O–H groups in total. The maximum atomic E-state index is 4.48. The first-order valence-electron chi connectivity index (χ1n) is 7.02. The Morgan fingerprint density at radius 3 is 1.32 bits per heavy atom. The summed E-state index contributed by atoms with van der Waals surface area (Å²) >= 11 is 0. The van der Waals surface area contributed by atoms with Crippen LogP contribution in [0.1, 0.15) is 0 Å². The quantitative estimate of drug-likeness (QED) is 0.562. The topological polar surface area (TPSA) is 51.6 Å². The van der Waals surface area contributed by atoms with E-state index in [0.29, 0.717) is 0 Å². The largest absolute Gasteiger partial charge is 0.251 e. The highest BCUT2D eigenvalue weighted by Gasteiger charge is 2.14. The summed E-state index contributed by atoms with van der Waals surface area (Å²) in [5, 5.41) is 8.80. The molecular weight excluding hydrogens is 272 g/mol. The van der Waals surface area contributed by atoms with Crippen molar-refractivity contribution in [3.05, 3.63) is 73.1 Å². The van der Waals surface area contributed by atoms with Crippen LogP contribution in [0.5, 0.6) is 0 Å². The molecule has 0 saturated carbocycles. The lowest BCUT2D eigenvalue weighted by Gasteiger charge is -2.07. The lowest BCUT2D eigenvalue weighted by molar-refractivity contribution is 1.05. The molecule has 0 aliphatic rings. The summed E-state index contributed by atoms with van der Waals surface area (Å²) in [5.41, 5.74) is 5.01. The Morgan fingerprint density at radius 2 is 0.909 bits per heavy atom. The van der Waals surface area contributed by atoms with Crippen LogP contribution in [0.25, 0.3) is 33.5 Å². The van der Waals surface area contributed by atoms with Crippen molar-refractivity contribution in [2.45, 2.75) is 0 Å². The summed E-state index contributed by atoms with van der Waals surface area (Å²) in [6, 6.07) is 19.9. The molecule has 4 rings (SSSR count). The second-order valence-electron chi connectivity index (χ2n) is 4.88. The van der Waals surface area contributed by atoms with Gasteiger partial charge in [0.2, 0.25) is 0 Å².